The van der Waals surface area contributed by atoms with Gasteiger partial charge in [0.1, 0.15) is 0 Å². The van der Waals surface area contributed by atoms with Crippen LogP contribution in [-0.4, -0.2) is 31.5 Å². The summed E-state index contributed by atoms with van der Waals surface area (Å²) in [5, 5.41) is 13.3. The zero-order chi connectivity index (χ0) is 13.8. The minimum Gasteiger partial charge on any atom is -0.503 e. The molecular weight excluding hydrogens is 310 g/mol. The first-order chi connectivity index (χ1) is 9.11. The van der Waals surface area contributed by atoms with Gasteiger partial charge in [-0.3, -0.25) is 0 Å². The molecule has 4 nitrogen and oxygen atoms in total. The third-order valence-electron chi connectivity index (χ3n) is 3.61. The van der Waals surface area contributed by atoms with Crippen molar-refractivity contribution in [2.45, 2.75) is 25.9 Å². The quantitative estimate of drug-likeness (QED) is 0.872. The van der Waals surface area contributed by atoms with Gasteiger partial charge in [-0.05, 0) is 52.9 Å². The highest BCUT2D eigenvalue weighted by atomic mass is 79.9. The second-order valence-corrected chi connectivity index (χ2v) is 5.78. The van der Waals surface area contributed by atoms with Gasteiger partial charge in [-0.15, -0.1) is 0 Å². The van der Waals surface area contributed by atoms with Gasteiger partial charge in [0.2, 0.25) is 0 Å². The maximum absolute atomic E-state index is 9.76. The fourth-order valence-electron chi connectivity index (χ4n) is 2.28. The molecule has 1 aliphatic rings. The van der Waals surface area contributed by atoms with E-state index in [1.165, 1.54) is 0 Å². The molecule has 0 aliphatic carbocycles. The number of aromatic hydroxyl groups is 1. The summed E-state index contributed by atoms with van der Waals surface area (Å²) >= 11 is 3.33. The Morgan fingerprint density at radius 1 is 1.58 bits per heavy atom. The van der Waals surface area contributed by atoms with Gasteiger partial charge in [-0.1, -0.05) is 0 Å². The second-order valence-electron chi connectivity index (χ2n) is 4.92. The number of nitrogens with one attached hydrogen (secondary N) is 1. The van der Waals surface area contributed by atoms with E-state index in [1.807, 2.05) is 12.1 Å². The summed E-state index contributed by atoms with van der Waals surface area (Å²) in [4.78, 5) is 0. The van der Waals surface area contributed by atoms with Crippen LogP contribution in [0.3, 0.4) is 0 Å². The molecule has 2 N–H and O–H groups in total. The zero-order valence-corrected chi connectivity index (χ0v) is 12.9. The van der Waals surface area contributed by atoms with E-state index in [1.54, 1.807) is 7.11 Å². The Morgan fingerprint density at radius 3 is 3.00 bits per heavy atom. The van der Waals surface area contributed by atoms with Crippen LogP contribution in [0, 0.1) is 5.92 Å². The predicted octanol–water partition coefficient (Wildman–Crippen LogP) is 2.68. The lowest BCUT2D eigenvalue weighted by Crippen LogP contribution is -2.33. The van der Waals surface area contributed by atoms with Gasteiger partial charge in [0.25, 0.3) is 0 Å². The highest BCUT2D eigenvalue weighted by Crippen LogP contribution is 2.35. The summed E-state index contributed by atoms with van der Waals surface area (Å²) < 4.78 is 11.2. The first-order valence-electron chi connectivity index (χ1n) is 6.48. The van der Waals surface area contributed by atoms with Gasteiger partial charge < -0.3 is 19.9 Å². The smallest absolute Gasteiger partial charge is 0.172 e. The van der Waals surface area contributed by atoms with Crippen LogP contribution in [0.15, 0.2) is 16.6 Å². The summed E-state index contributed by atoms with van der Waals surface area (Å²) in [5.41, 5.74) is 1.08. The maximum atomic E-state index is 9.76. The first kappa shape index (κ1) is 14.6. The lowest BCUT2D eigenvalue weighted by atomic mass is 10.0. The molecule has 0 bridgehead atoms. The van der Waals surface area contributed by atoms with Crippen LogP contribution >= 0.6 is 15.9 Å². The summed E-state index contributed by atoms with van der Waals surface area (Å²) in [6.07, 6.45) is 1.12. The number of hydrogen-bond acceptors (Lipinski definition) is 4. The van der Waals surface area contributed by atoms with Gasteiger partial charge in [0.05, 0.1) is 18.2 Å². The number of phenols is 1. The van der Waals surface area contributed by atoms with Gasteiger partial charge >= 0.3 is 0 Å². The van der Waals surface area contributed by atoms with Gasteiger partial charge in [-0.2, -0.15) is 0 Å². The molecule has 0 amide bonds. The Balaban J connectivity index is 1.97. The van der Waals surface area contributed by atoms with Crippen molar-refractivity contribution in [2.24, 2.45) is 5.92 Å². The molecule has 2 rings (SSSR count). The maximum Gasteiger partial charge on any atom is 0.172 e. The molecule has 1 heterocycles. The Bertz CT molecular complexity index is 433. The van der Waals surface area contributed by atoms with Gasteiger partial charge in [0.15, 0.2) is 11.5 Å². The Morgan fingerprint density at radius 2 is 2.37 bits per heavy atom. The van der Waals surface area contributed by atoms with Crippen molar-refractivity contribution in [3.63, 3.8) is 0 Å². The van der Waals surface area contributed by atoms with E-state index in [-0.39, 0.29) is 5.75 Å². The molecule has 0 radical (unpaired) electrons. The molecule has 0 saturated carbocycles. The Labute approximate surface area is 122 Å². The third-order valence-corrected chi connectivity index (χ3v) is 4.21. The SMILES string of the molecule is COc1cc(CNC(C)C2CCOC2)cc(Br)c1O. The van der Waals surface area contributed by atoms with Crippen LogP contribution in [0.2, 0.25) is 0 Å². The number of hydrogen-bond donors (Lipinski definition) is 2. The third kappa shape index (κ3) is 3.61. The van der Waals surface area contributed by atoms with E-state index in [2.05, 4.69) is 28.2 Å². The molecule has 1 saturated heterocycles. The molecule has 1 aromatic carbocycles. The lowest BCUT2D eigenvalue weighted by molar-refractivity contribution is 0.178. The Hall–Kier alpha value is -0.780. The largest absolute Gasteiger partial charge is 0.503 e. The second kappa shape index (κ2) is 6.59. The van der Waals surface area contributed by atoms with E-state index in [0.29, 0.717) is 22.2 Å². The number of ether oxygens (including phenoxy) is 2. The van der Waals surface area contributed by atoms with Crippen molar-refractivity contribution in [3.05, 3.63) is 22.2 Å². The number of phenolic OH excluding ortho intramolecular Hbond substituents is 1. The van der Waals surface area contributed by atoms with Crippen molar-refractivity contribution in [2.75, 3.05) is 20.3 Å². The van der Waals surface area contributed by atoms with Crippen LogP contribution in [0.4, 0.5) is 0 Å². The minimum atomic E-state index is 0.142. The van der Waals surface area contributed by atoms with Crippen molar-refractivity contribution < 1.29 is 14.6 Å². The summed E-state index contributed by atoms with van der Waals surface area (Å²) in [6, 6.07) is 4.18. The van der Waals surface area contributed by atoms with Crippen molar-refractivity contribution in [1.82, 2.24) is 5.32 Å². The van der Waals surface area contributed by atoms with E-state index in [4.69, 9.17) is 9.47 Å². The van der Waals surface area contributed by atoms with Crippen molar-refractivity contribution >= 4 is 15.9 Å². The molecule has 1 fully saturated rings. The molecule has 5 heteroatoms. The average Bonchev–Trinajstić information content (AvgIpc) is 2.93. The van der Waals surface area contributed by atoms with Crippen LogP contribution in [0.1, 0.15) is 18.9 Å². The molecular formula is C14H20BrNO3. The van der Waals surface area contributed by atoms with Crippen molar-refractivity contribution in [1.29, 1.82) is 0 Å². The standard InChI is InChI=1S/C14H20BrNO3/c1-9(11-3-4-19-8-11)16-7-10-5-12(15)14(17)13(6-10)18-2/h5-6,9,11,16-17H,3-4,7-8H2,1-2H3. The number of benzene rings is 1. The number of rotatable bonds is 5. The highest BCUT2D eigenvalue weighted by molar-refractivity contribution is 9.10. The van der Waals surface area contributed by atoms with E-state index in [0.717, 1.165) is 31.7 Å². The Kier molecular flexibility index (Phi) is 5.07. The fraction of sp³-hybridized carbons (Fsp3) is 0.571. The monoisotopic (exact) mass is 329 g/mol. The molecule has 1 aromatic rings. The van der Waals surface area contributed by atoms with Gasteiger partial charge in [0, 0.05) is 19.2 Å². The summed E-state index contributed by atoms with van der Waals surface area (Å²) in [7, 11) is 1.55. The molecule has 2 unspecified atom stereocenters. The van der Waals surface area contributed by atoms with Crippen LogP contribution in [-0.2, 0) is 11.3 Å². The van der Waals surface area contributed by atoms with E-state index >= 15 is 0 Å². The normalized spacial score (nSPS) is 20.5. The topological polar surface area (TPSA) is 50.7 Å². The predicted molar refractivity (Wildman–Crippen MR) is 77.6 cm³/mol. The number of methoxy groups -OCH3 is 1. The minimum absolute atomic E-state index is 0.142. The molecule has 1 aliphatic heterocycles. The van der Waals surface area contributed by atoms with Gasteiger partial charge in [-0.25, -0.2) is 0 Å². The molecule has 19 heavy (non-hydrogen) atoms. The average molecular weight is 330 g/mol. The molecule has 2 atom stereocenters. The summed E-state index contributed by atoms with van der Waals surface area (Å²) in [5.74, 6) is 1.22. The van der Waals surface area contributed by atoms with E-state index in [9.17, 15) is 5.11 Å². The van der Waals surface area contributed by atoms with Crippen LogP contribution in [0.5, 0.6) is 11.5 Å². The van der Waals surface area contributed by atoms with Crippen LogP contribution in [0.25, 0.3) is 0 Å². The fourth-order valence-corrected chi connectivity index (χ4v) is 2.77. The summed E-state index contributed by atoms with van der Waals surface area (Å²) in [6.45, 7) is 4.64. The molecule has 106 valence electrons. The highest BCUT2D eigenvalue weighted by Gasteiger charge is 2.21. The van der Waals surface area contributed by atoms with Crippen LogP contribution < -0.4 is 10.1 Å². The first-order valence-corrected chi connectivity index (χ1v) is 7.27. The number of halogens is 1. The molecule has 0 aromatic heterocycles. The molecule has 0 spiro atoms. The lowest BCUT2D eigenvalue weighted by Gasteiger charge is -2.19. The van der Waals surface area contributed by atoms with Crippen molar-refractivity contribution in [3.8, 4) is 11.5 Å². The van der Waals surface area contributed by atoms with E-state index < -0.39 is 0 Å². The zero-order valence-electron chi connectivity index (χ0n) is 11.3.